The summed E-state index contributed by atoms with van der Waals surface area (Å²) in [5.41, 5.74) is 4.81. The molecule has 202 valence electrons. The van der Waals surface area contributed by atoms with E-state index in [-0.39, 0.29) is 23.5 Å². The summed E-state index contributed by atoms with van der Waals surface area (Å²) in [7, 11) is 3.14. The quantitative estimate of drug-likeness (QED) is 0.159. The number of para-hydroxylation sites is 2. The summed E-state index contributed by atoms with van der Waals surface area (Å²) in [6, 6.07) is 20.8. The second-order valence-corrected chi connectivity index (χ2v) is 8.90. The molecule has 4 aromatic carbocycles. The van der Waals surface area contributed by atoms with E-state index in [9.17, 15) is 20.0 Å². The predicted octanol–water partition coefficient (Wildman–Crippen LogP) is 4.56. The lowest BCUT2D eigenvalue weighted by Gasteiger charge is -2.11. The van der Waals surface area contributed by atoms with Crippen molar-refractivity contribution in [1.82, 2.24) is 15.0 Å². The summed E-state index contributed by atoms with van der Waals surface area (Å²) < 4.78 is 12.5. The Morgan fingerprint density at radius 2 is 1.77 bits per heavy atom. The SMILES string of the molecule is COc1ccc(Cc2nc3ccccc3n2CC(=O)NN=Cc2cc([N+](=O)[O-])c3ccccc3c2O)cc1OC. The molecule has 0 spiro atoms. The number of rotatable bonds is 9. The van der Waals surface area contributed by atoms with Gasteiger partial charge in [0.2, 0.25) is 0 Å². The first-order valence-electron chi connectivity index (χ1n) is 12.3. The molecule has 0 unspecified atom stereocenters. The number of hydrogen-bond acceptors (Lipinski definition) is 8. The van der Waals surface area contributed by atoms with Gasteiger partial charge < -0.3 is 19.1 Å². The number of methoxy groups -OCH3 is 2. The smallest absolute Gasteiger partial charge is 0.278 e. The van der Waals surface area contributed by atoms with Crippen LogP contribution in [0.25, 0.3) is 21.8 Å². The summed E-state index contributed by atoms with van der Waals surface area (Å²) in [6.45, 7) is -0.0790. The number of non-ortho nitro benzene ring substituents is 1. The van der Waals surface area contributed by atoms with E-state index in [1.165, 1.54) is 12.3 Å². The fourth-order valence-corrected chi connectivity index (χ4v) is 4.57. The molecule has 0 aliphatic rings. The number of nitrogens with zero attached hydrogens (tertiary/aromatic N) is 4. The number of hydrazone groups is 1. The van der Waals surface area contributed by atoms with Crippen LogP contribution in [0.5, 0.6) is 17.2 Å². The van der Waals surface area contributed by atoms with Crippen LogP contribution in [0.2, 0.25) is 0 Å². The van der Waals surface area contributed by atoms with E-state index in [1.807, 2.05) is 42.5 Å². The molecular formula is C29H25N5O6. The Kier molecular flexibility index (Phi) is 7.27. The lowest BCUT2D eigenvalue weighted by Crippen LogP contribution is -2.24. The number of aromatic hydroxyl groups is 1. The average Bonchev–Trinajstić information content (AvgIpc) is 3.30. The maximum Gasteiger partial charge on any atom is 0.278 e. The Morgan fingerprint density at radius 3 is 2.52 bits per heavy atom. The van der Waals surface area contributed by atoms with E-state index in [2.05, 4.69) is 10.5 Å². The number of amides is 1. The summed E-state index contributed by atoms with van der Waals surface area (Å²) in [6.07, 6.45) is 1.61. The van der Waals surface area contributed by atoms with Crippen molar-refractivity contribution in [3.63, 3.8) is 0 Å². The highest BCUT2D eigenvalue weighted by atomic mass is 16.6. The summed E-state index contributed by atoms with van der Waals surface area (Å²) in [5, 5.41) is 26.8. The number of imidazole rings is 1. The highest BCUT2D eigenvalue weighted by Crippen LogP contribution is 2.35. The molecule has 0 atom stereocenters. The van der Waals surface area contributed by atoms with Crippen molar-refractivity contribution in [3.05, 3.63) is 99.9 Å². The third-order valence-corrected chi connectivity index (χ3v) is 6.46. The molecule has 0 aliphatic carbocycles. The number of phenolic OH excluding ortho intramolecular Hbond substituents is 1. The minimum absolute atomic E-state index is 0.0790. The maximum atomic E-state index is 12.9. The zero-order chi connectivity index (χ0) is 28.2. The minimum Gasteiger partial charge on any atom is -0.507 e. The van der Waals surface area contributed by atoms with Crippen LogP contribution in [-0.2, 0) is 17.8 Å². The number of fused-ring (bicyclic) bond motifs is 2. The van der Waals surface area contributed by atoms with Gasteiger partial charge in [0, 0.05) is 23.4 Å². The molecule has 0 aliphatic heterocycles. The van der Waals surface area contributed by atoms with Gasteiger partial charge in [-0.2, -0.15) is 5.10 Å². The number of nitrogens with one attached hydrogen (secondary N) is 1. The van der Waals surface area contributed by atoms with Gasteiger partial charge in [0.15, 0.2) is 11.5 Å². The highest BCUT2D eigenvalue weighted by molar-refractivity contribution is 6.02. The van der Waals surface area contributed by atoms with Crippen LogP contribution in [0.3, 0.4) is 0 Å². The number of aromatic nitrogens is 2. The molecule has 2 N–H and O–H groups in total. The van der Waals surface area contributed by atoms with Crippen molar-refractivity contribution >= 4 is 39.6 Å². The lowest BCUT2D eigenvalue weighted by molar-refractivity contribution is -0.383. The van der Waals surface area contributed by atoms with Crippen molar-refractivity contribution in [3.8, 4) is 17.2 Å². The van der Waals surface area contributed by atoms with Gasteiger partial charge in [-0.1, -0.05) is 36.4 Å². The molecule has 5 rings (SSSR count). The second-order valence-electron chi connectivity index (χ2n) is 8.90. The normalized spacial score (nSPS) is 11.2. The number of nitro groups is 1. The van der Waals surface area contributed by atoms with E-state index in [0.717, 1.165) is 16.6 Å². The monoisotopic (exact) mass is 539 g/mol. The van der Waals surface area contributed by atoms with Crippen molar-refractivity contribution in [1.29, 1.82) is 0 Å². The Bertz CT molecular complexity index is 1780. The van der Waals surface area contributed by atoms with Crippen molar-refractivity contribution in [2.24, 2.45) is 5.10 Å². The maximum absolute atomic E-state index is 12.9. The molecule has 1 amide bonds. The van der Waals surface area contributed by atoms with E-state index in [1.54, 1.807) is 43.1 Å². The molecule has 11 nitrogen and oxygen atoms in total. The third kappa shape index (κ3) is 5.12. The largest absolute Gasteiger partial charge is 0.507 e. The average molecular weight is 540 g/mol. The molecule has 11 heteroatoms. The van der Waals surface area contributed by atoms with Gasteiger partial charge >= 0.3 is 0 Å². The van der Waals surface area contributed by atoms with E-state index in [0.29, 0.717) is 34.5 Å². The van der Waals surface area contributed by atoms with Gasteiger partial charge in [-0.05, 0) is 35.9 Å². The number of carbonyl (C=O) groups excluding carboxylic acids is 1. The van der Waals surface area contributed by atoms with Crippen molar-refractivity contribution < 1.29 is 24.3 Å². The topological polar surface area (TPSA) is 141 Å². The predicted molar refractivity (Wildman–Crippen MR) is 150 cm³/mol. The molecule has 0 saturated carbocycles. The van der Waals surface area contributed by atoms with Crippen LogP contribution in [0.4, 0.5) is 5.69 Å². The third-order valence-electron chi connectivity index (χ3n) is 6.46. The van der Waals surface area contributed by atoms with Crippen molar-refractivity contribution in [2.75, 3.05) is 14.2 Å². The molecule has 40 heavy (non-hydrogen) atoms. The fraction of sp³-hybridized carbons (Fsp3) is 0.138. The number of carbonyl (C=O) groups is 1. The Morgan fingerprint density at radius 1 is 1.05 bits per heavy atom. The molecule has 0 radical (unpaired) electrons. The number of ether oxygens (including phenoxy) is 2. The number of nitro benzene ring substituents is 1. The van der Waals surface area contributed by atoms with Gasteiger partial charge in [-0.15, -0.1) is 0 Å². The summed E-state index contributed by atoms with van der Waals surface area (Å²) >= 11 is 0. The molecule has 0 bridgehead atoms. The number of phenols is 1. The van der Waals surface area contributed by atoms with Gasteiger partial charge in [0.1, 0.15) is 18.1 Å². The Hall–Kier alpha value is -5.45. The van der Waals surface area contributed by atoms with Gasteiger partial charge in [0.25, 0.3) is 11.6 Å². The van der Waals surface area contributed by atoms with Crippen LogP contribution in [0.15, 0.2) is 77.9 Å². The van der Waals surface area contributed by atoms with Crippen LogP contribution in [0, 0.1) is 10.1 Å². The van der Waals surface area contributed by atoms with E-state index in [4.69, 9.17) is 14.5 Å². The summed E-state index contributed by atoms with van der Waals surface area (Å²) in [5.74, 6) is 1.25. The van der Waals surface area contributed by atoms with Crippen LogP contribution < -0.4 is 14.9 Å². The van der Waals surface area contributed by atoms with E-state index < -0.39 is 10.8 Å². The van der Waals surface area contributed by atoms with Crippen LogP contribution >= 0.6 is 0 Å². The molecule has 5 aromatic rings. The number of hydrogen-bond donors (Lipinski definition) is 2. The standard InChI is InChI=1S/C29H25N5O6/c1-39-25-12-11-18(13-26(25)40-2)14-27-31-22-9-5-6-10-23(22)33(27)17-28(35)32-30-16-19-15-24(34(37)38)20-7-3-4-8-21(20)29(19)36/h3-13,15-16,36H,14,17H2,1-2H3,(H,32,35). The highest BCUT2D eigenvalue weighted by Gasteiger charge is 2.18. The Labute approximate surface area is 228 Å². The van der Waals surface area contributed by atoms with Gasteiger partial charge in [0.05, 0.1) is 41.8 Å². The molecular weight excluding hydrogens is 514 g/mol. The second kappa shape index (κ2) is 11.1. The lowest BCUT2D eigenvalue weighted by atomic mass is 10.0. The zero-order valence-electron chi connectivity index (χ0n) is 21.7. The first kappa shape index (κ1) is 26.2. The zero-order valence-corrected chi connectivity index (χ0v) is 21.7. The molecule has 0 fully saturated rings. The van der Waals surface area contributed by atoms with E-state index >= 15 is 0 Å². The van der Waals surface area contributed by atoms with Gasteiger partial charge in [-0.25, -0.2) is 10.4 Å². The van der Waals surface area contributed by atoms with Gasteiger partial charge in [-0.3, -0.25) is 14.9 Å². The minimum atomic E-state index is -0.526. The van der Waals surface area contributed by atoms with Crippen molar-refractivity contribution in [2.45, 2.75) is 13.0 Å². The fourth-order valence-electron chi connectivity index (χ4n) is 4.57. The summed E-state index contributed by atoms with van der Waals surface area (Å²) in [4.78, 5) is 28.7. The van der Waals surface area contributed by atoms with Crippen LogP contribution in [0.1, 0.15) is 17.0 Å². The Balaban J connectivity index is 1.39. The number of benzene rings is 4. The first-order valence-corrected chi connectivity index (χ1v) is 12.3. The van der Waals surface area contributed by atoms with Crippen LogP contribution in [-0.4, -0.2) is 45.9 Å². The molecule has 0 saturated heterocycles. The molecule has 1 aromatic heterocycles. The molecule has 1 heterocycles. The first-order chi connectivity index (χ1) is 19.4.